The van der Waals surface area contributed by atoms with E-state index in [9.17, 15) is 14.0 Å². The number of hydrogen-bond acceptors (Lipinski definition) is 3. The molecule has 0 saturated carbocycles. The van der Waals surface area contributed by atoms with Crippen molar-refractivity contribution in [1.82, 2.24) is 20.0 Å². The minimum absolute atomic E-state index is 0.0634. The average molecular weight is 604 g/mol. The number of amides is 3. The Morgan fingerprint density at radius 2 is 1.59 bits per heavy atom. The predicted octanol–water partition coefficient (Wildman–Crippen LogP) is 6.09. The Labute approximate surface area is 253 Å². The first-order chi connectivity index (χ1) is 19.9. The monoisotopic (exact) mass is 602 g/mol. The lowest BCUT2D eigenvalue weighted by molar-refractivity contribution is -0.134. The lowest BCUT2D eigenvalue weighted by Gasteiger charge is -2.36. The average Bonchev–Trinajstić information content (AvgIpc) is 3.53. The minimum atomic E-state index is -0.695. The highest BCUT2D eigenvalue weighted by molar-refractivity contribution is 6.35. The van der Waals surface area contributed by atoms with Crippen molar-refractivity contribution in [3.63, 3.8) is 0 Å². The molecule has 1 N–H and O–H groups in total. The summed E-state index contributed by atoms with van der Waals surface area (Å²) in [7, 11) is 0. The van der Waals surface area contributed by atoms with Crippen molar-refractivity contribution in [2.75, 3.05) is 45.8 Å². The van der Waals surface area contributed by atoms with Crippen molar-refractivity contribution < 1.29 is 14.0 Å². The van der Waals surface area contributed by atoms with E-state index >= 15 is 0 Å². The number of hydrogen-bond donors (Lipinski definition) is 1. The molecular formula is C32H41Cl2FN4O2. The van der Waals surface area contributed by atoms with Gasteiger partial charge in [-0.2, -0.15) is 0 Å². The first-order valence-corrected chi connectivity index (χ1v) is 15.9. The highest BCUT2D eigenvalue weighted by Gasteiger charge is 2.32. The summed E-state index contributed by atoms with van der Waals surface area (Å²) in [6.45, 7) is 5.34. The summed E-state index contributed by atoms with van der Waals surface area (Å²) in [5, 5.41) is 4.06. The minimum Gasteiger partial charge on any atom is -0.341 e. The number of carbonyl (C=O) groups excluding carboxylic acids is 2. The van der Waals surface area contributed by atoms with Crippen molar-refractivity contribution in [1.29, 1.82) is 0 Å². The van der Waals surface area contributed by atoms with Crippen LogP contribution >= 0.6 is 23.2 Å². The lowest BCUT2D eigenvalue weighted by Crippen LogP contribution is -2.54. The van der Waals surface area contributed by atoms with Crippen LogP contribution in [0, 0.1) is 0 Å². The Balaban J connectivity index is 1.22. The summed E-state index contributed by atoms with van der Waals surface area (Å²) in [6, 6.07) is 13.0. The van der Waals surface area contributed by atoms with Crippen molar-refractivity contribution >= 4 is 35.1 Å². The summed E-state index contributed by atoms with van der Waals surface area (Å²) in [5.41, 5.74) is 3.51. The number of likely N-dealkylation sites (tertiary alicyclic amines) is 3. The van der Waals surface area contributed by atoms with E-state index in [1.165, 1.54) is 11.1 Å². The van der Waals surface area contributed by atoms with Crippen LogP contribution in [0.5, 0.6) is 0 Å². The zero-order valence-corrected chi connectivity index (χ0v) is 25.2. The number of nitrogens with zero attached hydrogens (tertiary/aromatic N) is 3. The molecule has 3 heterocycles. The Hall–Kier alpha value is -2.35. The van der Waals surface area contributed by atoms with Gasteiger partial charge in [-0.15, -0.1) is 0 Å². The van der Waals surface area contributed by atoms with Gasteiger partial charge in [0.1, 0.15) is 12.2 Å². The van der Waals surface area contributed by atoms with Crippen molar-refractivity contribution in [3.8, 4) is 0 Å². The summed E-state index contributed by atoms with van der Waals surface area (Å²) in [4.78, 5) is 32.9. The molecule has 0 radical (unpaired) electrons. The Morgan fingerprint density at radius 1 is 0.878 bits per heavy atom. The summed E-state index contributed by atoms with van der Waals surface area (Å²) in [6.07, 6.45) is 5.63. The maximum absolute atomic E-state index is 13.8. The van der Waals surface area contributed by atoms with E-state index < -0.39 is 12.2 Å². The fourth-order valence-corrected chi connectivity index (χ4v) is 6.95. The van der Waals surface area contributed by atoms with Crippen molar-refractivity contribution in [3.05, 3.63) is 69.2 Å². The number of carbonyl (C=O) groups is 2. The van der Waals surface area contributed by atoms with E-state index in [-0.39, 0.29) is 11.9 Å². The van der Waals surface area contributed by atoms with Crippen LogP contribution in [-0.4, -0.2) is 84.7 Å². The third-order valence-electron chi connectivity index (χ3n) is 8.94. The van der Waals surface area contributed by atoms with Gasteiger partial charge in [0.05, 0.1) is 0 Å². The molecule has 0 unspecified atom stereocenters. The van der Waals surface area contributed by atoms with Crippen LogP contribution in [-0.2, 0) is 17.6 Å². The molecule has 0 bridgehead atoms. The SMILES string of the molecule is O=C(N[C@H](Cc1ccc(Cl)cc1Cl)C(=O)N1CCC(c2ccccc2CCN2CCC(F)CC2)CC1)N1CCCC1. The van der Waals surface area contributed by atoms with E-state index in [0.717, 1.165) is 57.3 Å². The van der Waals surface area contributed by atoms with E-state index in [0.29, 0.717) is 61.4 Å². The van der Waals surface area contributed by atoms with Gasteiger partial charge in [-0.05, 0) is 79.7 Å². The highest BCUT2D eigenvalue weighted by atomic mass is 35.5. The van der Waals surface area contributed by atoms with Gasteiger partial charge in [0.2, 0.25) is 5.91 Å². The number of urea groups is 1. The molecule has 2 aromatic rings. The van der Waals surface area contributed by atoms with Crippen LogP contribution in [0.15, 0.2) is 42.5 Å². The summed E-state index contributed by atoms with van der Waals surface area (Å²) < 4.78 is 13.6. The second-order valence-electron chi connectivity index (χ2n) is 11.7. The Bertz CT molecular complexity index is 1190. The quantitative estimate of drug-likeness (QED) is 0.397. The van der Waals surface area contributed by atoms with E-state index in [2.05, 4.69) is 34.5 Å². The van der Waals surface area contributed by atoms with Crippen LogP contribution in [0.3, 0.4) is 0 Å². The van der Waals surface area contributed by atoms with Gasteiger partial charge in [-0.3, -0.25) is 4.79 Å². The van der Waals surface area contributed by atoms with Crippen molar-refractivity contribution in [2.45, 2.75) is 69.5 Å². The molecule has 1 atom stereocenters. The lowest BCUT2D eigenvalue weighted by atomic mass is 9.85. The molecule has 3 fully saturated rings. The van der Waals surface area contributed by atoms with Gasteiger partial charge in [-0.1, -0.05) is 53.5 Å². The molecule has 3 saturated heterocycles. The number of alkyl halides is 1. The topological polar surface area (TPSA) is 55.9 Å². The smallest absolute Gasteiger partial charge is 0.318 e. The molecule has 0 aliphatic carbocycles. The molecule has 3 aliphatic heterocycles. The first-order valence-electron chi connectivity index (χ1n) is 15.1. The van der Waals surface area contributed by atoms with Crippen LogP contribution in [0.1, 0.15) is 61.1 Å². The maximum atomic E-state index is 13.8. The van der Waals surface area contributed by atoms with E-state index in [1.54, 1.807) is 17.0 Å². The third-order valence-corrected chi connectivity index (χ3v) is 9.53. The number of piperidine rings is 2. The molecule has 3 aliphatic rings. The summed E-state index contributed by atoms with van der Waals surface area (Å²) in [5.74, 6) is 0.321. The first kappa shape index (κ1) is 30.1. The fraction of sp³-hybridized carbons (Fsp3) is 0.562. The van der Waals surface area contributed by atoms with Crippen LogP contribution in [0.4, 0.5) is 9.18 Å². The zero-order chi connectivity index (χ0) is 28.8. The molecule has 6 nitrogen and oxygen atoms in total. The van der Waals surface area contributed by atoms with Gasteiger partial charge >= 0.3 is 6.03 Å². The third kappa shape index (κ3) is 7.94. The van der Waals surface area contributed by atoms with Crippen LogP contribution in [0.25, 0.3) is 0 Å². The number of halogens is 3. The molecule has 3 amide bonds. The van der Waals surface area contributed by atoms with Gasteiger partial charge in [0, 0.05) is 62.3 Å². The molecule has 0 spiro atoms. The number of rotatable bonds is 8. The Morgan fingerprint density at radius 3 is 2.29 bits per heavy atom. The maximum Gasteiger partial charge on any atom is 0.318 e. The van der Waals surface area contributed by atoms with Crippen LogP contribution < -0.4 is 5.32 Å². The fourth-order valence-electron chi connectivity index (χ4n) is 6.46. The summed E-state index contributed by atoms with van der Waals surface area (Å²) >= 11 is 12.6. The van der Waals surface area contributed by atoms with Crippen LogP contribution in [0.2, 0.25) is 10.0 Å². The zero-order valence-electron chi connectivity index (χ0n) is 23.7. The standard InChI is InChI=1S/C32H41Cl2FN4O2/c33-26-8-7-25(29(34)22-26)21-30(36-32(41)39-14-3-4-15-39)31(40)38-19-10-24(11-20-38)28-6-2-1-5-23(28)9-16-37-17-12-27(35)13-18-37/h1-2,5-8,22,24,27,30H,3-4,9-21H2,(H,36,41)/t30-/m1/s1. The molecule has 5 rings (SSSR count). The van der Waals surface area contributed by atoms with Gasteiger partial charge < -0.3 is 20.0 Å². The van der Waals surface area contributed by atoms with E-state index in [1.807, 2.05) is 11.0 Å². The molecule has 41 heavy (non-hydrogen) atoms. The van der Waals surface area contributed by atoms with Gasteiger partial charge in [-0.25, -0.2) is 9.18 Å². The molecule has 222 valence electrons. The molecular weight excluding hydrogens is 562 g/mol. The molecule has 2 aromatic carbocycles. The van der Waals surface area contributed by atoms with E-state index in [4.69, 9.17) is 23.2 Å². The highest BCUT2D eigenvalue weighted by Crippen LogP contribution is 2.32. The Kier molecular flexibility index (Phi) is 10.4. The number of nitrogens with one attached hydrogen (secondary N) is 1. The molecule has 0 aromatic heterocycles. The van der Waals surface area contributed by atoms with Crippen molar-refractivity contribution in [2.24, 2.45) is 0 Å². The van der Waals surface area contributed by atoms with Gasteiger partial charge in [0.15, 0.2) is 0 Å². The molecule has 9 heteroatoms. The normalized spacial score (nSPS) is 19.9. The van der Waals surface area contributed by atoms with Gasteiger partial charge in [0.25, 0.3) is 0 Å². The second kappa shape index (κ2) is 14.2. The second-order valence-corrected chi connectivity index (χ2v) is 12.5. The largest absolute Gasteiger partial charge is 0.341 e. The predicted molar refractivity (Wildman–Crippen MR) is 163 cm³/mol. The number of benzene rings is 2.